The van der Waals surface area contributed by atoms with Crippen LogP contribution >= 0.6 is 11.3 Å². The van der Waals surface area contributed by atoms with E-state index in [9.17, 15) is 4.79 Å². The third-order valence-corrected chi connectivity index (χ3v) is 3.48. The van der Waals surface area contributed by atoms with Gasteiger partial charge in [-0.1, -0.05) is 12.0 Å². The number of terminal acetylenes is 1. The maximum absolute atomic E-state index is 11.4. The molecule has 2 N–H and O–H groups in total. The number of aromatic nitrogens is 3. The summed E-state index contributed by atoms with van der Waals surface area (Å²) in [6.07, 6.45) is 5.38. The van der Waals surface area contributed by atoms with Crippen molar-refractivity contribution in [3.05, 3.63) is 41.0 Å². The highest BCUT2D eigenvalue weighted by molar-refractivity contribution is 7.17. The maximum atomic E-state index is 11.4. The molecule has 2 aromatic heterocycles. The van der Waals surface area contributed by atoms with Crippen LogP contribution in [0, 0.1) is 12.3 Å². The molecule has 3 rings (SSSR count). The van der Waals surface area contributed by atoms with E-state index in [1.54, 1.807) is 16.3 Å². The average Bonchev–Trinajstić information content (AvgIpc) is 2.99. The standard InChI is InChI=1S/C13H8N4OS/c1-2-8-4-3-5-9(6-8)17-13-11(19-7-15-13)10(16-17)12(14)18/h1,3-7H,(H2,14,18). The first-order chi connectivity index (χ1) is 9.20. The molecule has 0 unspecified atom stereocenters. The van der Waals surface area contributed by atoms with Gasteiger partial charge in [0.15, 0.2) is 11.3 Å². The Morgan fingerprint density at radius 1 is 1.47 bits per heavy atom. The van der Waals surface area contributed by atoms with Crippen molar-refractivity contribution in [2.75, 3.05) is 0 Å². The number of hydrogen-bond acceptors (Lipinski definition) is 4. The number of thiazole rings is 1. The topological polar surface area (TPSA) is 73.8 Å². The van der Waals surface area contributed by atoms with Gasteiger partial charge < -0.3 is 5.73 Å². The van der Waals surface area contributed by atoms with Crippen molar-refractivity contribution in [2.24, 2.45) is 5.73 Å². The summed E-state index contributed by atoms with van der Waals surface area (Å²) in [6.45, 7) is 0. The minimum Gasteiger partial charge on any atom is -0.364 e. The number of amides is 1. The van der Waals surface area contributed by atoms with Crippen LogP contribution in [-0.2, 0) is 0 Å². The van der Waals surface area contributed by atoms with Crippen LogP contribution in [-0.4, -0.2) is 20.7 Å². The van der Waals surface area contributed by atoms with Gasteiger partial charge in [0, 0.05) is 5.56 Å². The van der Waals surface area contributed by atoms with E-state index in [0.29, 0.717) is 10.3 Å². The van der Waals surface area contributed by atoms with Gasteiger partial charge in [0.1, 0.15) is 4.70 Å². The molecule has 5 nitrogen and oxygen atoms in total. The van der Waals surface area contributed by atoms with Crippen molar-refractivity contribution in [3.63, 3.8) is 0 Å². The predicted octanol–water partition coefficient (Wildman–Crippen LogP) is 1.56. The second kappa shape index (κ2) is 4.23. The SMILES string of the molecule is C#Cc1cccc(-n2nc(C(N)=O)c3scnc32)c1. The summed E-state index contributed by atoms with van der Waals surface area (Å²) >= 11 is 1.33. The Labute approximate surface area is 112 Å². The van der Waals surface area contributed by atoms with Gasteiger partial charge >= 0.3 is 0 Å². The van der Waals surface area contributed by atoms with E-state index in [-0.39, 0.29) is 5.69 Å². The predicted molar refractivity (Wildman–Crippen MR) is 73.2 cm³/mol. The Balaban J connectivity index is 2.28. The van der Waals surface area contributed by atoms with Gasteiger partial charge in [0.25, 0.3) is 5.91 Å². The van der Waals surface area contributed by atoms with Crippen LogP contribution in [0.3, 0.4) is 0 Å². The largest absolute Gasteiger partial charge is 0.364 e. The fourth-order valence-electron chi connectivity index (χ4n) is 1.81. The average molecular weight is 268 g/mol. The number of rotatable bonds is 2. The summed E-state index contributed by atoms with van der Waals surface area (Å²) in [5, 5.41) is 4.22. The van der Waals surface area contributed by atoms with E-state index in [1.807, 2.05) is 18.2 Å². The molecule has 0 aliphatic heterocycles. The highest BCUT2D eigenvalue weighted by Gasteiger charge is 2.18. The lowest BCUT2D eigenvalue weighted by molar-refractivity contribution is 0.0997. The number of hydrogen-bond donors (Lipinski definition) is 1. The third-order valence-electron chi connectivity index (χ3n) is 2.66. The Morgan fingerprint density at radius 3 is 3.05 bits per heavy atom. The molecule has 0 saturated carbocycles. The molecule has 1 amide bonds. The first kappa shape index (κ1) is 11.4. The van der Waals surface area contributed by atoms with Crippen molar-refractivity contribution in [1.29, 1.82) is 0 Å². The summed E-state index contributed by atoms with van der Waals surface area (Å²) in [6, 6.07) is 7.29. The lowest BCUT2D eigenvalue weighted by Gasteiger charge is -2.01. The van der Waals surface area contributed by atoms with Crippen LogP contribution in [0.1, 0.15) is 16.1 Å². The zero-order chi connectivity index (χ0) is 13.4. The van der Waals surface area contributed by atoms with E-state index in [0.717, 1.165) is 11.3 Å². The van der Waals surface area contributed by atoms with Crippen LogP contribution < -0.4 is 5.73 Å². The van der Waals surface area contributed by atoms with E-state index in [4.69, 9.17) is 12.2 Å². The molecule has 0 atom stereocenters. The molecule has 19 heavy (non-hydrogen) atoms. The van der Waals surface area contributed by atoms with E-state index in [2.05, 4.69) is 16.0 Å². The van der Waals surface area contributed by atoms with Crippen LogP contribution in [0.15, 0.2) is 29.8 Å². The van der Waals surface area contributed by atoms with E-state index in [1.165, 1.54) is 11.3 Å². The van der Waals surface area contributed by atoms with Crippen LogP contribution in [0.5, 0.6) is 0 Å². The summed E-state index contributed by atoms with van der Waals surface area (Å²) in [7, 11) is 0. The van der Waals surface area contributed by atoms with E-state index >= 15 is 0 Å². The Bertz CT molecular complexity index is 825. The molecular formula is C13H8N4OS. The summed E-state index contributed by atoms with van der Waals surface area (Å²) in [4.78, 5) is 15.6. The maximum Gasteiger partial charge on any atom is 0.270 e. The molecule has 6 heteroatoms. The summed E-state index contributed by atoms with van der Waals surface area (Å²) < 4.78 is 2.26. The number of carbonyl (C=O) groups excluding carboxylic acids is 1. The number of benzene rings is 1. The zero-order valence-corrected chi connectivity index (χ0v) is 10.5. The molecule has 0 radical (unpaired) electrons. The van der Waals surface area contributed by atoms with E-state index < -0.39 is 5.91 Å². The molecule has 0 aliphatic rings. The fourth-order valence-corrected chi connectivity index (χ4v) is 2.57. The molecule has 0 bridgehead atoms. The summed E-state index contributed by atoms with van der Waals surface area (Å²) in [5.74, 6) is 1.99. The van der Waals surface area contributed by atoms with Gasteiger partial charge in [0.05, 0.1) is 11.2 Å². The van der Waals surface area contributed by atoms with Gasteiger partial charge in [0.2, 0.25) is 0 Å². The highest BCUT2D eigenvalue weighted by Crippen LogP contribution is 2.24. The van der Waals surface area contributed by atoms with Gasteiger partial charge in [-0.2, -0.15) is 5.10 Å². The number of carbonyl (C=O) groups is 1. The third kappa shape index (κ3) is 1.77. The Morgan fingerprint density at radius 2 is 2.32 bits per heavy atom. The van der Waals surface area contributed by atoms with Crippen molar-refractivity contribution < 1.29 is 4.79 Å². The highest BCUT2D eigenvalue weighted by atomic mass is 32.1. The van der Waals surface area contributed by atoms with Crippen molar-refractivity contribution >= 4 is 27.6 Å². The first-order valence-corrected chi connectivity index (χ1v) is 6.27. The lowest BCUT2D eigenvalue weighted by Crippen LogP contribution is -2.12. The monoisotopic (exact) mass is 268 g/mol. The van der Waals surface area contributed by atoms with Crippen LogP contribution in [0.25, 0.3) is 16.0 Å². The molecular weight excluding hydrogens is 260 g/mol. The molecule has 2 heterocycles. The molecule has 0 fully saturated rings. The number of primary amides is 1. The molecule has 0 aliphatic carbocycles. The van der Waals surface area contributed by atoms with Gasteiger partial charge in [-0.25, -0.2) is 9.67 Å². The minimum absolute atomic E-state index is 0.226. The lowest BCUT2D eigenvalue weighted by atomic mass is 10.2. The second-order valence-electron chi connectivity index (χ2n) is 3.82. The van der Waals surface area contributed by atoms with Crippen molar-refractivity contribution in [1.82, 2.24) is 14.8 Å². The van der Waals surface area contributed by atoms with Crippen LogP contribution in [0.2, 0.25) is 0 Å². The summed E-state index contributed by atoms with van der Waals surface area (Å²) in [5.41, 5.74) is 9.28. The molecule has 0 spiro atoms. The second-order valence-corrected chi connectivity index (χ2v) is 4.68. The number of nitrogens with two attached hydrogens (primary N) is 1. The smallest absolute Gasteiger partial charge is 0.270 e. The number of nitrogens with zero attached hydrogens (tertiary/aromatic N) is 3. The molecule has 92 valence electrons. The van der Waals surface area contributed by atoms with Gasteiger partial charge in [-0.05, 0) is 18.2 Å². The van der Waals surface area contributed by atoms with Crippen LogP contribution in [0.4, 0.5) is 0 Å². The minimum atomic E-state index is -0.568. The van der Waals surface area contributed by atoms with Gasteiger partial charge in [-0.3, -0.25) is 4.79 Å². The van der Waals surface area contributed by atoms with Crippen molar-refractivity contribution in [3.8, 4) is 18.0 Å². The van der Waals surface area contributed by atoms with Gasteiger partial charge in [-0.15, -0.1) is 17.8 Å². The molecule has 0 saturated heterocycles. The Hall–Kier alpha value is -2.65. The van der Waals surface area contributed by atoms with Crippen molar-refractivity contribution in [2.45, 2.75) is 0 Å². The first-order valence-electron chi connectivity index (χ1n) is 5.40. The number of fused-ring (bicyclic) bond motifs is 1. The molecule has 3 aromatic rings. The zero-order valence-electron chi connectivity index (χ0n) is 9.70. The molecule has 1 aromatic carbocycles. The normalized spacial score (nSPS) is 10.5. The Kier molecular flexibility index (Phi) is 2.54. The fraction of sp³-hybridized carbons (Fsp3) is 0. The quantitative estimate of drug-likeness (QED) is 0.717.